The molecular weight excluding hydrogens is 649 g/mol. The van der Waals surface area contributed by atoms with Crippen molar-refractivity contribution in [1.82, 2.24) is 19.1 Å². The monoisotopic (exact) mass is 676 g/mol. The average molecular weight is 677 g/mol. The van der Waals surface area contributed by atoms with E-state index in [0.717, 1.165) is 61.2 Å². The molecule has 0 fully saturated rings. The molecule has 8 aromatic carbocycles. The zero-order chi connectivity index (χ0) is 34.6. The van der Waals surface area contributed by atoms with Crippen LogP contribution in [0.5, 0.6) is 11.5 Å². The molecule has 0 radical (unpaired) electrons. The number of nitrogens with zero attached hydrogens (tertiary/aromatic N) is 4. The van der Waals surface area contributed by atoms with E-state index in [4.69, 9.17) is 14.7 Å². The third-order valence-electron chi connectivity index (χ3n) is 10.9. The fourth-order valence-electron chi connectivity index (χ4n) is 8.68. The Hall–Kier alpha value is -7.24. The first-order valence-corrected chi connectivity index (χ1v) is 17.9. The van der Waals surface area contributed by atoms with Crippen molar-refractivity contribution in [2.45, 2.75) is 0 Å². The maximum absolute atomic E-state index is 6.28. The molecule has 5 heteroatoms. The van der Waals surface area contributed by atoms with Gasteiger partial charge in [0, 0.05) is 32.8 Å². The number of hydrogen-bond donors (Lipinski definition) is 0. The van der Waals surface area contributed by atoms with Gasteiger partial charge in [0.2, 0.25) is 5.95 Å². The van der Waals surface area contributed by atoms with Crippen LogP contribution in [-0.4, -0.2) is 19.1 Å². The summed E-state index contributed by atoms with van der Waals surface area (Å²) in [5.74, 6) is 2.23. The van der Waals surface area contributed by atoms with E-state index in [0.29, 0.717) is 5.95 Å². The van der Waals surface area contributed by atoms with Gasteiger partial charge in [-0.1, -0.05) is 103 Å². The van der Waals surface area contributed by atoms with Crippen LogP contribution < -0.4 is 4.74 Å². The Kier molecular flexibility index (Phi) is 5.71. The first-order chi connectivity index (χ1) is 26.3. The topological polar surface area (TPSA) is 44.9 Å². The van der Waals surface area contributed by atoms with E-state index in [-0.39, 0.29) is 0 Å². The maximum Gasteiger partial charge on any atom is 0.235 e. The first-order valence-electron chi connectivity index (χ1n) is 17.9. The minimum atomic E-state index is 0.641. The standard InChI is InChI=1S/C48H28N4O/c1-2-12-30(13-3-1)51-40-21-8-5-15-35(40)45-34-18-10-17-31(32(34)25-27-42(45)51)29-24-26-41-37(28-29)33-14-4-7-20-39(33)52(41)48-49-38-19-11-23-44-46(38)47(50-48)36-16-6-9-22-43(36)53-44/h1-28H. The van der Waals surface area contributed by atoms with Crippen molar-refractivity contribution in [3.05, 3.63) is 170 Å². The van der Waals surface area contributed by atoms with Gasteiger partial charge >= 0.3 is 0 Å². The Bertz CT molecular complexity index is 3320. The summed E-state index contributed by atoms with van der Waals surface area (Å²) in [6.07, 6.45) is 0. The number of fused-ring (bicyclic) bond motifs is 10. The van der Waals surface area contributed by atoms with Crippen LogP contribution in [-0.2, 0) is 0 Å². The average Bonchev–Trinajstić information content (AvgIpc) is 3.74. The molecule has 1 aliphatic rings. The molecule has 0 aliphatic carbocycles. The van der Waals surface area contributed by atoms with Crippen molar-refractivity contribution < 1.29 is 4.74 Å². The molecule has 53 heavy (non-hydrogen) atoms. The van der Waals surface area contributed by atoms with Crippen LogP contribution in [0, 0.1) is 0 Å². The highest BCUT2D eigenvalue weighted by atomic mass is 16.5. The van der Waals surface area contributed by atoms with Crippen molar-refractivity contribution in [2.24, 2.45) is 0 Å². The third kappa shape index (κ3) is 3.96. The molecule has 0 spiro atoms. The third-order valence-corrected chi connectivity index (χ3v) is 10.9. The van der Waals surface area contributed by atoms with Gasteiger partial charge < -0.3 is 9.30 Å². The van der Waals surface area contributed by atoms with Gasteiger partial charge in [0.15, 0.2) is 0 Å². The normalized spacial score (nSPS) is 12.3. The molecule has 4 heterocycles. The highest BCUT2D eigenvalue weighted by Gasteiger charge is 2.25. The van der Waals surface area contributed by atoms with E-state index in [1.807, 2.05) is 36.4 Å². The van der Waals surface area contributed by atoms with Crippen molar-refractivity contribution in [2.75, 3.05) is 0 Å². The van der Waals surface area contributed by atoms with E-state index in [1.54, 1.807) is 0 Å². The van der Waals surface area contributed by atoms with E-state index in [1.165, 1.54) is 43.7 Å². The molecule has 1 aliphatic heterocycles. The number of benzene rings is 8. The second kappa shape index (κ2) is 10.6. The SMILES string of the molecule is c1ccc(-n2c3ccccc3c3c4cccc(-c5ccc6c(c5)c5ccccc5n6-c5nc6c7c(cccc7n5)Oc5ccccc5-6)c4ccc32)cc1. The van der Waals surface area contributed by atoms with E-state index in [2.05, 4.69) is 143 Å². The summed E-state index contributed by atoms with van der Waals surface area (Å²) < 4.78 is 10.9. The molecule has 0 saturated heterocycles. The van der Waals surface area contributed by atoms with Crippen molar-refractivity contribution in [3.8, 4) is 45.5 Å². The molecule has 246 valence electrons. The van der Waals surface area contributed by atoms with Gasteiger partial charge in [-0.2, -0.15) is 0 Å². The molecule has 11 aromatic rings. The summed E-state index contributed by atoms with van der Waals surface area (Å²) in [4.78, 5) is 10.4. The highest BCUT2D eigenvalue weighted by Crippen LogP contribution is 2.46. The molecule has 12 rings (SSSR count). The summed E-state index contributed by atoms with van der Waals surface area (Å²) in [6, 6.07) is 60.2. The molecule has 0 saturated carbocycles. The minimum absolute atomic E-state index is 0.641. The van der Waals surface area contributed by atoms with Crippen LogP contribution >= 0.6 is 0 Å². The van der Waals surface area contributed by atoms with Crippen LogP contribution in [0.4, 0.5) is 0 Å². The molecule has 0 N–H and O–H groups in total. The number of hydrogen-bond acceptors (Lipinski definition) is 3. The number of rotatable bonds is 3. The Balaban J connectivity index is 1.09. The fraction of sp³-hybridized carbons (Fsp3) is 0. The van der Waals surface area contributed by atoms with E-state index in [9.17, 15) is 0 Å². The Labute approximate surface area is 303 Å². The second-order valence-electron chi connectivity index (χ2n) is 13.8. The largest absolute Gasteiger partial charge is 0.456 e. The Morgan fingerprint density at radius 2 is 1.08 bits per heavy atom. The number of para-hydroxylation sites is 4. The smallest absolute Gasteiger partial charge is 0.235 e. The van der Waals surface area contributed by atoms with Gasteiger partial charge in [-0.05, 0) is 88.6 Å². The molecule has 5 nitrogen and oxygen atoms in total. The van der Waals surface area contributed by atoms with Crippen LogP contribution in [0.15, 0.2) is 170 Å². The summed E-state index contributed by atoms with van der Waals surface area (Å²) in [5, 5.41) is 8.26. The lowest BCUT2D eigenvalue weighted by atomic mass is 9.94. The molecular formula is C48H28N4O. The predicted molar refractivity (Wildman–Crippen MR) is 217 cm³/mol. The second-order valence-corrected chi connectivity index (χ2v) is 13.8. The lowest BCUT2D eigenvalue weighted by Gasteiger charge is -2.20. The molecule has 0 atom stereocenters. The minimum Gasteiger partial charge on any atom is -0.456 e. The zero-order valence-corrected chi connectivity index (χ0v) is 28.4. The predicted octanol–water partition coefficient (Wildman–Crippen LogP) is 12.4. The van der Waals surface area contributed by atoms with Crippen LogP contribution in [0.2, 0.25) is 0 Å². The van der Waals surface area contributed by atoms with Gasteiger partial charge in [0.05, 0.1) is 38.7 Å². The quantitative estimate of drug-likeness (QED) is 0.187. The van der Waals surface area contributed by atoms with E-state index >= 15 is 0 Å². The Morgan fingerprint density at radius 1 is 0.396 bits per heavy atom. The molecule has 0 amide bonds. The van der Waals surface area contributed by atoms with E-state index < -0.39 is 0 Å². The molecule has 0 bridgehead atoms. The first kappa shape index (κ1) is 28.5. The number of ether oxygens (including phenoxy) is 1. The summed E-state index contributed by atoms with van der Waals surface area (Å²) in [7, 11) is 0. The maximum atomic E-state index is 6.28. The number of aromatic nitrogens is 4. The summed E-state index contributed by atoms with van der Waals surface area (Å²) in [6.45, 7) is 0. The van der Waals surface area contributed by atoms with Gasteiger partial charge in [-0.3, -0.25) is 4.57 Å². The van der Waals surface area contributed by atoms with Gasteiger partial charge in [0.1, 0.15) is 11.5 Å². The lowest BCUT2D eigenvalue weighted by molar-refractivity contribution is 0.486. The highest BCUT2D eigenvalue weighted by molar-refractivity contribution is 6.23. The van der Waals surface area contributed by atoms with Crippen LogP contribution in [0.1, 0.15) is 0 Å². The lowest BCUT2D eigenvalue weighted by Crippen LogP contribution is -2.06. The summed E-state index contributed by atoms with van der Waals surface area (Å²) in [5.41, 5.74) is 10.8. The Morgan fingerprint density at radius 3 is 1.98 bits per heavy atom. The molecule has 3 aromatic heterocycles. The van der Waals surface area contributed by atoms with Gasteiger partial charge in [-0.15, -0.1) is 0 Å². The van der Waals surface area contributed by atoms with Gasteiger partial charge in [0.25, 0.3) is 0 Å². The zero-order valence-electron chi connectivity index (χ0n) is 28.4. The summed E-state index contributed by atoms with van der Waals surface area (Å²) >= 11 is 0. The van der Waals surface area contributed by atoms with Gasteiger partial charge in [-0.25, -0.2) is 9.97 Å². The van der Waals surface area contributed by atoms with Crippen LogP contribution in [0.3, 0.4) is 0 Å². The fourth-order valence-corrected chi connectivity index (χ4v) is 8.68. The molecule has 0 unspecified atom stereocenters. The van der Waals surface area contributed by atoms with Crippen molar-refractivity contribution >= 4 is 65.3 Å². The van der Waals surface area contributed by atoms with Crippen molar-refractivity contribution in [3.63, 3.8) is 0 Å². The van der Waals surface area contributed by atoms with Crippen LogP contribution in [0.25, 0.3) is 99.3 Å². The van der Waals surface area contributed by atoms with Crippen molar-refractivity contribution in [1.29, 1.82) is 0 Å².